The molecule has 2 aromatic heterocycles. The number of carbonyl (C=O) groups excluding carboxylic acids is 3. The standard InChI is InChI=1S/C10H18O5.C8H13N3O2.C3H5N3/c1-9(2,3)14-7(11)13-8(12)15-10(4,5)6;1-8(2,3)13-7(12)11-6-4-9-10-5-6;4-3-1-5-6-2-3/h1-6H3;4-5H,1-3H3,(H,9,10)(H,11,12);1-2H,4H2,(H,5,6). The van der Waals surface area contributed by atoms with Gasteiger partial charge in [0.05, 0.1) is 23.8 Å². The fourth-order valence-corrected chi connectivity index (χ4v) is 1.61. The van der Waals surface area contributed by atoms with E-state index in [1.807, 2.05) is 20.8 Å². The molecule has 0 aliphatic heterocycles. The fraction of sp³-hybridized carbons (Fsp3) is 0.571. The molecule has 0 aliphatic carbocycles. The molecule has 0 saturated heterocycles. The number of anilines is 2. The van der Waals surface area contributed by atoms with Crippen molar-refractivity contribution in [2.75, 3.05) is 11.1 Å². The highest BCUT2D eigenvalue weighted by atomic mass is 16.8. The van der Waals surface area contributed by atoms with Crippen molar-refractivity contribution in [2.24, 2.45) is 0 Å². The second-order valence-corrected chi connectivity index (χ2v) is 9.68. The Morgan fingerprint density at radius 3 is 1.50 bits per heavy atom. The highest BCUT2D eigenvalue weighted by Gasteiger charge is 2.24. The summed E-state index contributed by atoms with van der Waals surface area (Å²) in [6.07, 6.45) is 3.66. The van der Waals surface area contributed by atoms with Crippen molar-refractivity contribution in [3.8, 4) is 0 Å². The Bertz CT molecular complexity index is 835. The molecule has 192 valence electrons. The zero-order valence-electron chi connectivity index (χ0n) is 21.1. The molecule has 0 bridgehead atoms. The van der Waals surface area contributed by atoms with Crippen LogP contribution in [0.15, 0.2) is 24.8 Å². The van der Waals surface area contributed by atoms with E-state index in [-0.39, 0.29) is 0 Å². The van der Waals surface area contributed by atoms with Gasteiger partial charge >= 0.3 is 18.4 Å². The van der Waals surface area contributed by atoms with Gasteiger partial charge in [0.2, 0.25) is 0 Å². The van der Waals surface area contributed by atoms with E-state index in [1.54, 1.807) is 60.1 Å². The maximum absolute atomic E-state index is 11.2. The van der Waals surface area contributed by atoms with Gasteiger partial charge in [0.25, 0.3) is 0 Å². The van der Waals surface area contributed by atoms with E-state index in [9.17, 15) is 14.4 Å². The highest BCUT2D eigenvalue weighted by molar-refractivity contribution is 5.84. The first-order chi connectivity index (χ1) is 15.4. The molecule has 0 saturated carbocycles. The first-order valence-electron chi connectivity index (χ1n) is 10.2. The summed E-state index contributed by atoms with van der Waals surface area (Å²) in [5, 5.41) is 14.9. The van der Waals surface area contributed by atoms with Gasteiger partial charge < -0.3 is 24.7 Å². The van der Waals surface area contributed by atoms with Crippen LogP contribution < -0.4 is 11.1 Å². The SMILES string of the molecule is CC(C)(C)OC(=O)Nc1cn[nH]c1.CC(C)(C)OC(=O)OC(=O)OC(C)(C)C.Nc1cn[nH]c1. The van der Waals surface area contributed by atoms with Crippen molar-refractivity contribution in [3.05, 3.63) is 24.8 Å². The molecular formula is C21H36N6O7. The van der Waals surface area contributed by atoms with Gasteiger partial charge in [-0.25, -0.2) is 14.4 Å². The van der Waals surface area contributed by atoms with Crippen molar-refractivity contribution in [1.29, 1.82) is 0 Å². The van der Waals surface area contributed by atoms with Crippen molar-refractivity contribution in [3.63, 3.8) is 0 Å². The number of ether oxygens (including phenoxy) is 4. The van der Waals surface area contributed by atoms with Crippen molar-refractivity contribution in [2.45, 2.75) is 79.1 Å². The molecule has 1 amide bonds. The van der Waals surface area contributed by atoms with Crippen LogP contribution in [0.2, 0.25) is 0 Å². The van der Waals surface area contributed by atoms with Crippen LogP contribution in [-0.2, 0) is 18.9 Å². The number of nitrogens with one attached hydrogen (secondary N) is 3. The summed E-state index contributed by atoms with van der Waals surface area (Å²) in [6.45, 7) is 15.4. The summed E-state index contributed by atoms with van der Waals surface area (Å²) in [5.41, 5.74) is 4.58. The first-order valence-corrected chi connectivity index (χ1v) is 10.2. The molecule has 2 rings (SSSR count). The average molecular weight is 485 g/mol. The summed E-state index contributed by atoms with van der Waals surface area (Å²) in [6, 6.07) is 0. The maximum atomic E-state index is 11.2. The number of hydrogen-bond acceptors (Lipinski definition) is 10. The van der Waals surface area contributed by atoms with Crippen LogP contribution >= 0.6 is 0 Å². The van der Waals surface area contributed by atoms with E-state index < -0.39 is 35.2 Å². The number of aromatic nitrogens is 4. The molecule has 2 heterocycles. The summed E-state index contributed by atoms with van der Waals surface area (Å²) < 4.78 is 18.8. The Labute approximate surface area is 199 Å². The van der Waals surface area contributed by atoms with E-state index in [0.717, 1.165) is 0 Å². The Kier molecular flexibility index (Phi) is 11.6. The third-order valence-corrected chi connectivity index (χ3v) is 2.61. The van der Waals surface area contributed by atoms with Crippen LogP contribution in [0.3, 0.4) is 0 Å². The van der Waals surface area contributed by atoms with E-state index in [0.29, 0.717) is 11.4 Å². The van der Waals surface area contributed by atoms with Gasteiger partial charge in [0, 0.05) is 12.4 Å². The molecule has 0 fully saturated rings. The third kappa shape index (κ3) is 19.0. The number of carbonyl (C=O) groups is 3. The van der Waals surface area contributed by atoms with Crippen molar-refractivity contribution < 1.29 is 33.3 Å². The van der Waals surface area contributed by atoms with Crippen molar-refractivity contribution >= 4 is 29.8 Å². The molecule has 0 atom stereocenters. The summed E-state index contributed by atoms with van der Waals surface area (Å²) in [4.78, 5) is 33.2. The lowest BCUT2D eigenvalue weighted by Crippen LogP contribution is -2.29. The quantitative estimate of drug-likeness (QED) is 0.253. The minimum atomic E-state index is -1.06. The smallest absolute Gasteiger partial charge is 0.444 e. The van der Waals surface area contributed by atoms with Gasteiger partial charge in [0.1, 0.15) is 16.8 Å². The van der Waals surface area contributed by atoms with Gasteiger partial charge in [-0.05, 0) is 62.3 Å². The highest BCUT2D eigenvalue weighted by Crippen LogP contribution is 2.12. The summed E-state index contributed by atoms with van der Waals surface area (Å²) >= 11 is 0. The lowest BCUT2D eigenvalue weighted by molar-refractivity contribution is -0.0294. The Morgan fingerprint density at radius 1 is 0.765 bits per heavy atom. The molecule has 0 aromatic carbocycles. The number of hydrogen-bond donors (Lipinski definition) is 4. The number of nitrogens with two attached hydrogens (primary N) is 1. The van der Waals surface area contributed by atoms with Gasteiger partial charge in [-0.15, -0.1) is 0 Å². The lowest BCUT2D eigenvalue weighted by atomic mass is 10.2. The average Bonchev–Trinajstić information content (AvgIpc) is 3.24. The van der Waals surface area contributed by atoms with E-state index in [4.69, 9.17) is 19.9 Å². The minimum Gasteiger partial charge on any atom is -0.444 e. The van der Waals surface area contributed by atoms with E-state index in [1.165, 1.54) is 6.20 Å². The fourth-order valence-electron chi connectivity index (χ4n) is 1.61. The molecule has 2 aromatic rings. The van der Waals surface area contributed by atoms with Crippen LogP contribution in [0.5, 0.6) is 0 Å². The van der Waals surface area contributed by atoms with Crippen molar-refractivity contribution in [1.82, 2.24) is 20.4 Å². The normalized spacial score (nSPS) is 11.0. The van der Waals surface area contributed by atoms with Gasteiger partial charge in [-0.2, -0.15) is 10.2 Å². The Balaban J connectivity index is 0.000000518. The number of nitrogens with zero attached hydrogens (tertiary/aromatic N) is 2. The number of aromatic amines is 2. The minimum absolute atomic E-state index is 0.478. The van der Waals surface area contributed by atoms with Crippen LogP contribution in [0.4, 0.5) is 25.8 Å². The van der Waals surface area contributed by atoms with Gasteiger partial charge in [-0.1, -0.05) is 0 Å². The molecular weight excluding hydrogens is 448 g/mol. The predicted molar refractivity (Wildman–Crippen MR) is 125 cm³/mol. The zero-order valence-corrected chi connectivity index (χ0v) is 21.1. The zero-order chi connectivity index (χ0) is 26.6. The van der Waals surface area contributed by atoms with E-state index in [2.05, 4.69) is 30.4 Å². The molecule has 13 nitrogen and oxygen atoms in total. The predicted octanol–water partition coefficient (Wildman–Crippen LogP) is 4.62. The number of rotatable bonds is 1. The molecule has 0 radical (unpaired) electrons. The van der Waals surface area contributed by atoms with Crippen LogP contribution in [0.25, 0.3) is 0 Å². The van der Waals surface area contributed by atoms with Gasteiger partial charge in [0.15, 0.2) is 0 Å². The molecule has 5 N–H and O–H groups in total. The Morgan fingerprint density at radius 2 is 1.21 bits per heavy atom. The maximum Gasteiger partial charge on any atom is 0.519 e. The second kappa shape index (κ2) is 13.1. The lowest BCUT2D eigenvalue weighted by Gasteiger charge is -2.20. The number of H-pyrrole nitrogens is 2. The monoisotopic (exact) mass is 484 g/mol. The molecule has 0 aliphatic rings. The number of nitrogen functional groups attached to an aromatic ring is 1. The third-order valence-electron chi connectivity index (χ3n) is 2.61. The molecule has 0 unspecified atom stereocenters. The largest absolute Gasteiger partial charge is 0.519 e. The summed E-state index contributed by atoms with van der Waals surface area (Å²) in [5.74, 6) is 0. The Hall–Kier alpha value is -3.77. The van der Waals surface area contributed by atoms with Crippen LogP contribution in [-0.4, -0.2) is 55.6 Å². The topological polar surface area (TPSA) is 184 Å². The second-order valence-electron chi connectivity index (χ2n) is 9.68. The molecule has 34 heavy (non-hydrogen) atoms. The summed E-state index contributed by atoms with van der Waals surface area (Å²) in [7, 11) is 0. The molecule has 0 spiro atoms. The van der Waals surface area contributed by atoms with E-state index >= 15 is 0 Å². The molecule has 13 heteroatoms. The first kappa shape index (κ1) is 30.2. The van der Waals surface area contributed by atoms with Crippen LogP contribution in [0, 0.1) is 0 Å². The van der Waals surface area contributed by atoms with Gasteiger partial charge in [-0.3, -0.25) is 15.5 Å². The van der Waals surface area contributed by atoms with Crippen LogP contribution in [0.1, 0.15) is 62.3 Å². The number of amides is 1.